The van der Waals surface area contributed by atoms with E-state index in [-0.39, 0.29) is 31.6 Å². The first-order chi connectivity index (χ1) is 18.8. The molecule has 4 aromatic carbocycles. The summed E-state index contributed by atoms with van der Waals surface area (Å²) in [7, 11) is 0. The fraction of sp³-hybridized carbons (Fsp3) is 0.129. The largest absolute Gasteiger partial charge is 0.481 e. The van der Waals surface area contributed by atoms with Gasteiger partial charge in [-0.3, -0.25) is 14.4 Å². The maximum atomic E-state index is 13.8. The summed E-state index contributed by atoms with van der Waals surface area (Å²) >= 11 is 0. The van der Waals surface area contributed by atoms with Crippen molar-refractivity contribution in [3.8, 4) is 11.1 Å². The molecule has 8 heteroatoms. The fourth-order valence-electron chi connectivity index (χ4n) is 4.21. The van der Waals surface area contributed by atoms with Crippen molar-refractivity contribution in [1.82, 2.24) is 10.2 Å². The number of nitrogens with one attached hydrogen (secondary N) is 1. The van der Waals surface area contributed by atoms with Crippen molar-refractivity contribution >= 4 is 17.8 Å². The highest BCUT2D eigenvalue weighted by atomic mass is 19.1. The summed E-state index contributed by atoms with van der Waals surface area (Å²) < 4.78 is 26.9. The van der Waals surface area contributed by atoms with Crippen molar-refractivity contribution in [2.24, 2.45) is 0 Å². The van der Waals surface area contributed by atoms with Gasteiger partial charge in [0.1, 0.15) is 11.6 Å². The molecule has 198 valence electrons. The van der Waals surface area contributed by atoms with Crippen LogP contribution < -0.4 is 5.32 Å². The van der Waals surface area contributed by atoms with E-state index in [0.29, 0.717) is 27.8 Å². The molecule has 2 N–H and O–H groups in total. The summed E-state index contributed by atoms with van der Waals surface area (Å²) in [5.74, 6) is -2.69. The number of halogens is 2. The lowest BCUT2D eigenvalue weighted by Crippen LogP contribution is -2.33. The number of carbonyl (C=O) groups is 3. The van der Waals surface area contributed by atoms with Crippen LogP contribution in [0.4, 0.5) is 8.78 Å². The Balaban J connectivity index is 1.64. The van der Waals surface area contributed by atoms with Crippen LogP contribution in [0.25, 0.3) is 11.1 Å². The molecule has 6 nitrogen and oxygen atoms in total. The van der Waals surface area contributed by atoms with Gasteiger partial charge in [0.05, 0.1) is 6.42 Å². The standard InChI is InChI=1S/C31H26F2N2O4/c32-23-14-12-21(13-15-23)20-35(17-16-29(36)37)31(39)28-11-4-2-9-26(28)25-8-1-3-10-27(25)30(38)34-19-22-6-5-7-24(33)18-22/h1-15,18H,16-17,19-20H2,(H,34,38)(H,36,37). The van der Waals surface area contributed by atoms with Crippen molar-refractivity contribution in [2.75, 3.05) is 6.54 Å². The van der Waals surface area contributed by atoms with E-state index in [4.69, 9.17) is 0 Å². The van der Waals surface area contributed by atoms with E-state index in [9.17, 15) is 28.3 Å². The van der Waals surface area contributed by atoms with E-state index >= 15 is 0 Å². The minimum Gasteiger partial charge on any atom is -0.481 e. The smallest absolute Gasteiger partial charge is 0.305 e. The molecule has 0 fully saturated rings. The highest BCUT2D eigenvalue weighted by Gasteiger charge is 2.23. The van der Waals surface area contributed by atoms with E-state index in [1.54, 1.807) is 72.8 Å². The Bertz CT molecular complexity index is 1490. The van der Waals surface area contributed by atoms with E-state index in [1.165, 1.54) is 29.2 Å². The number of amides is 2. The highest BCUT2D eigenvalue weighted by molar-refractivity contribution is 6.06. The van der Waals surface area contributed by atoms with Crippen molar-refractivity contribution in [3.05, 3.63) is 131 Å². The molecular weight excluding hydrogens is 502 g/mol. The van der Waals surface area contributed by atoms with E-state index < -0.39 is 29.4 Å². The third kappa shape index (κ3) is 7.13. The Kier molecular flexibility index (Phi) is 8.78. The first-order valence-electron chi connectivity index (χ1n) is 12.3. The van der Waals surface area contributed by atoms with Gasteiger partial charge in [-0.1, -0.05) is 60.7 Å². The van der Waals surface area contributed by atoms with Crippen LogP contribution in [0, 0.1) is 11.6 Å². The molecule has 4 rings (SSSR count). The quantitative estimate of drug-likeness (QED) is 0.277. The van der Waals surface area contributed by atoms with Crippen molar-refractivity contribution in [1.29, 1.82) is 0 Å². The van der Waals surface area contributed by atoms with Gasteiger partial charge in [-0.25, -0.2) is 8.78 Å². The number of aliphatic carboxylic acids is 1. The van der Waals surface area contributed by atoms with E-state index in [1.807, 2.05) is 0 Å². The van der Waals surface area contributed by atoms with Crippen LogP contribution in [0.3, 0.4) is 0 Å². The van der Waals surface area contributed by atoms with Crippen LogP contribution in [0.2, 0.25) is 0 Å². The minimum absolute atomic E-state index is 0.0599. The van der Waals surface area contributed by atoms with Crippen LogP contribution in [0.1, 0.15) is 38.3 Å². The van der Waals surface area contributed by atoms with E-state index in [2.05, 4.69) is 5.32 Å². The molecule has 39 heavy (non-hydrogen) atoms. The number of hydrogen-bond acceptors (Lipinski definition) is 3. The highest BCUT2D eigenvalue weighted by Crippen LogP contribution is 2.29. The van der Waals surface area contributed by atoms with Crippen LogP contribution >= 0.6 is 0 Å². The topological polar surface area (TPSA) is 86.7 Å². The number of carboxylic acid groups (broad SMARTS) is 1. The zero-order valence-corrected chi connectivity index (χ0v) is 20.9. The molecule has 0 atom stereocenters. The Morgan fingerprint density at radius 2 is 1.36 bits per heavy atom. The second kappa shape index (κ2) is 12.6. The fourth-order valence-corrected chi connectivity index (χ4v) is 4.21. The number of carboxylic acids is 1. The van der Waals surface area contributed by atoms with Crippen LogP contribution in [-0.2, 0) is 17.9 Å². The van der Waals surface area contributed by atoms with Crippen LogP contribution in [0.5, 0.6) is 0 Å². The summed E-state index contributed by atoms with van der Waals surface area (Å²) in [5, 5.41) is 12.0. The summed E-state index contributed by atoms with van der Waals surface area (Å²) in [4.78, 5) is 39.6. The van der Waals surface area contributed by atoms with Gasteiger partial charge in [0, 0.05) is 30.8 Å². The van der Waals surface area contributed by atoms with Crippen LogP contribution in [-0.4, -0.2) is 34.3 Å². The Morgan fingerprint density at radius 3 is 2.03 bits per heavy atom. The molecule has 0 aliphatic heterocycles. The Labute approximate surface area is 224 Å². The first-order valence-corrected chi connectivity index (χ1v) is 12.3. The molecule has 0 saturated heterocycles. The number of carbonyl (C=O) groups excluding carboxylic acids is 2. The van der Waals surface area contributed by atoms with Crippen molar-refractivity contribution in [2.45, 2.75) is 19.5 Å². The molecule has 0 aliphatic rings. The number of benzene rings is 4. The van der Waals surface area contributed by atoms with Gasteiger partial charge in [-0.05, 0) is 58.7 Å². The van der Waals surface area contributed by atoms with Crippen molar-refractivity contribution in [3.63, 3.8) is 0 Å². The summed E-state index contributed by atoms with van der Waals surface area (Å²) in [6, 6.07) is 25.2. The first kappa shape index (κ1) is 27.2. The molecule has 0 radical (unpaired) electrons. The second-order valence-electron chi connectivity index (χ2n) is 8.90. The predicted octanol–water partition coefficient (Wildman–Crippen LogP) is 5.68. The molecule has 0 aliphatic carbocycles. The third-order valence-corrected chi connectivity index (χ3v) is 6.13. The molecule has 0 bridgehead atoms. The number of hydrogen-bond donors (Lipinski definition) is 2. The van der Waals surface area contributed by atoms with Crippen LogP contribution in [0.15, 0.2) is 97.1 Å². The summed E-state index contributed by atoms with van der Waals surface area (Å²) in [5.41, 5.74) is 2.87. The van der Waals surface area contributed by atoms with E-state index in [0.717, 1.165) is 0 Å². The maximum Gasteiger partial charge on any atom is 0.305 e. The molecule has 4 aromatic rings. The van der Waals surface area contributed by atoms with Gasteiger partial charge in [0.25, 0.3) is 11.8 Å². The van der Waals surface area contributed by atoms with Gasteiger partial charge >= 0.3 is 5.97 Å². The molecule has 0 saturated carbocycles. The second-order valence-corrected chi connectivity index (χ2v) is 8.90. The Morgan fingerprint density at radius 1 is 0.718 bits per heavy atom. The lowest BCUT2D eigenvalue weighted by Gasteiger charge is -2.24. The maximum absolute atomic E-state index is 13.8. The third-order valence-electron chi connectivity index (χ3n) is 6.13. The molecule has 0 spiro atoms. The molecule has 2 amide bonds. The molecule has 0 aromatic heterocycles. The molecular formula is C31H26F2N2O4. The lowest BCUT2D eigenvalue weighted by atomic mass is 9.94. The SMILES string of the molecule is O=C(O)CCN(Cc1ccc(F)cc1)C(=O)c1ccccc1-c1ccccc1C(=O)NCc1cccc(F)c1. The van der Waals surface area contributed by atoms with Gasteiger partial charge in [-0.15, -0.1) is 0 Å². The lowest BCUT2D eigenvalue weighted by molar-refractivity contribution is -0.137. The summed E-state index contributed by atoms with van der Waals surface area (Å²) in [6.45, 7) is 0.137. The van der Waals surface area contributed by atoms with Gasteiger partial charge in [0.2, 0.25) is 0 Å². The Hall–Kier alpha value is -4.85. The van der Waals surface area contributed by atoms with Gasteiger partial charge in [0.15, 0.2) is 0 Å². The van der Waals surface area contributed by atoms with Crippen molar-refractivity contribution < 1.29 is 28.3 Å². The predicted molar refractivity (Wildman–Crippen MR) is 143 cm³/mol. The number of rotatable bonds is 10. The minimum atomic E-state index is -1.06. The average molecular weight is 529 g/mol. The summed E-state index contributed by atoms with van der Waals surface area (Å²) in [6.07, 6.45) is -0.270. The van der Waals surface area contributed by atoms with Gasteiger partial charge < -0.3 is 15.3 Å². The average Bonchev–Trinajstić information content (AvgIpc) is 2.94. The monoisotopic (exact) mass is 528 g/mol. The number of nitrogens with zero attached hydrogens (tertiary/aromatic N) is 1. The zero-order valence-electron chi connectivity index (χ0n) is 20.9. The molecule has 0 heterocycles. The molecule has 0 unspecified atom stereocenters. The normalized spacial score (nSPS) is 10.6. The van der Waals surface area contributed by atoms with Gasteiger partial charge in [-0.2, -0.15) is 0 Å². The zero-order chi connectivity index (χ0) is 27.8.